The Morgan fingerprint density at radius 2 is 2.04 bits per heavy atom. The van der Waals surface area contributed by atoms with Crippen LogP contribution in [0, 0.1) is 6.92 Å². The highest BCUT2D eigenvalue weighted by atomic mass is 16.5. The molecular formula is C18H17N5O2. The smallest absolute Gasteiger partial charge is 0.363 e. The highest BCUT2D eigenvalue weighted by molar-refractivity contribution is 5.80. The van der Waals surface area contributed by atoms with Crippen LogP contribution in [0.5, 0.6) is 5.75 Å². The fourth-order valence-electron chi connectivity index (χ4n) is 2.09. The number of aryl methyl sites for hydroxylation is 1. The van der Waals surface area contributed by atoms with E-state index in [0.29, 0.717) is 18.1 Å². The van der Waals surface area contributed by atoms with Gasteiger partial charge in [-0.25, -0.2) is 9.89 Å². The number of H-pyrrole nitrogens is 1. The Hall–Kier alpha value is -3.48. The number of hydrogen-bond donors (Lipinski definition) is 2. The molecule has 0 saturated heterocycles. The second-order valence-corrected chi connectivity index (χ2v) is 5.29. The number of aromatic amines is 1. The number of anilines is 1. The Bertz CT molecular complexity index is 922. The summed E-state index contributed by atoms with van der Waals surface area (Å²) in [6, 6.07) is 17.5. The lowest BCUT2D eigenvalue weighted by atomic mass is 10.2. The zero-order valence-electron chi connectivity index (χ0n) is 13.6. The van der Waals surface area contributed by atoms with Gasteiger partial charge in [0.05, 0.1) is 6.21 Å². The van der Waals surface area contributed by atoms with E-state index in [1.54, 1.807) is 13.1 Å². The van der Waals surface area contributed by atoms with Crippen LogP contribution < -0.4 is 15.9 Å². The zero-order valence-corrected chi connectivity index (χ0v) is 13.6. The Morgan fingerprint density at radius 3 is 2.88 bits per heavy atom. The minimum Gasteiger partial charge on any atom is -0.489 e. The summed E-state index contributed by atoms with van der Waals surface area (Å²) in [5.74, 6) is 1.07. The van der Waals surface area contributed by atoms with Gasteiger partial charge in [-0.3, -0.25) is 5.43 Å². The molecule has 3 rings (SSSR count). The number of hydrazone groups is 1. The summed E-state index contributed by atoms with van der Waals surface area (Å²) in [4.78, 5) is 14.9. The first kappa shape index (κ1) is 16.4. The fraction of sp³-hybridized carbons (Fsp3) is 0.111. The molecule has 0 saturated carbocycles. The van der Waals surface area contributed by atoms with Crippen molar-refractivity contribution < 1.29 is 4.74 Å². The summed E-state index contributed by atoms with van der Waals surface area (Å²) < 4.78 is 5.78. The summed E-state index contributed by atoms with van der Waals surface area (Å²) >= 11 is 0. The van der Waals surface area contributed by atoms with E-state index in [-0.39, 0.29) is 0 Å². The second-order valence-electron chi connectivity index (χ2n) is 5.29. The number of rotatable bonds is 6. The number of hydrogen-bond acceptors (Lipinski definition) is 6. The predicted molar refractivity (Wildman–Crippen MR) is 95.8 cm³/mol. The summed E-state index contributed by atoms with van der Waals surface area (Å²) in [5.41, 5.74) is 4.70. The number of nitrogens with one attached hydrogen (secondary N) is 2. The summed E-state index contributed by atoms with van der Waals surface area (Å²) in [6.45, 7) is 2.22. The Labute approximate surface area is 144 Å². The first-order valence-electron chi connectivity index (χ1n) is 7.70. The molecule has 0 aliphatic carbocycles. The lowest BCUT2D eigenvalue weighted by Crippen LogP contribution is -2.15. The van der Waals surface area contributed by atoms with Crippen molar-refractivity contribution in [2.75, 3.05) is 5.43 Å². The van der Waals surface area contributed by atoms with Crippen LogP contribution in [0.3, 0.4) is 0 Å². The quantitative estimate of drug-likeness (QED) is 0.533. The van der Waals surface area contributed by atoms with Crippen molar-refractivity contribution in [3.8, 4) is 5.75 Å². The highest BCUT2D eigenvalue weighted by Crippen LogP contribution is 2.14. The number of benzene rings is 2. The largest absolute Gasteiger partial charge is 0.489 e. The average Bonchev–Trinajstić information content (AvgIpc) is 2.64. The van der Waals surface area contributed by atoms with Crippen LogP contribution in [0.25, 0.3) is 0 Å². The van der Waals surface area contributed by atoms with Gasteiger partial charge in [0.25, 0.3) is 0 Å². The van der Waals surface area contributed by atoms with Crippen molar-refractivity contribution >= 4 is 12.0 Å². The Morgan fingerprint density at radius 1 is 1.20 bits per heavy atom. The van der Waals surface area contributed by atoms with Gasteiger partial charge in [-0.1, -0.05) is 42.5 Å². The number of ether oxygens (including phenoxy) is 1. The lowest BCUT2D eigenvalue weighted by molar-refractivity contribution is 0.306. The van der Waals surface area contributed by atoms with Crippen molar-refractivity contribution in [2.24, 2.45) is 5.10 Å². The van der Waals surface area contributed by atoms with Crippen molar-refractivity contribution in [1.29, 1.82) is 0 Å². The minimum atomic E-state index is -0.528. The highest BCUT2D eigenvalue weighted by Gasteiger charge is 2.00. The summed E-state index contributed by atoms with van der Waals surface area (Å²) in [5, 5.41) is 10.2. The van der Waals surface area contributed by atoms with Crippen LogP contribution in [0.2, 0.25) is 0 Å². The van der Waals surface area contributed by atoms with Gasteiger partial charge in [-0.2, -0.15) is 15.2 Å². The standard InChI is InChI=1S/C18H17N5O2/c1-13-17(20-18(24)23-21-13)22-19-11-15-8-5-9-16(10-15)25-12-14-6-3-2-4-7-14/h2-11H,12H2,1H3,(H2,20,22,23,24)/b19-11+. The molecule has 0 atom stereocenters. The van der Waals surface area contributed by atoms with E-state index in [1.165, 1.54) is 0 Å². The monoisotopic (exact) mass is 335 g/mol. The maximum atomic E-state index is 11.2. The molecule has 0 radical (unpaired) electrons. The minimum absolute atomic E-state index is 0.316. The van der Waals surface area contributed by atoms with Crippen LogP contribution >= 0.6 is 0 Å². The molecule has 0 spiro atoms. The number of aromatic nitrogens is 3. The van der Waals surface area contributed by atoms with Crippen LogP contribution in [0.1, 0.15) is 16.8 Å². The molecule has 2 aromatic carbocycles. The molecule has 1 heterocycles. The van der Waals surface area contributed by atoms with Crippen molar-refractivity contribution in [1.82, 2.24) is 15.2 Å². The molecular weight excluding hydrogens is 318 g/mol. The predicted octanol–water partition coefficient (Wildman–Crippen LogP) is 2.50. The lowest BCUT2D eigenvalue weighted by Gasteiger charge is -2.06. The second kappa shape index (κ2) is 7.87. The SMILES string of the molecule is Cc1n[nH]c(=O)nc1N/N=C/c1cccc(OCc2ccccc2)c1. The van der Waals surface area contributed by atoms with E-state index < -0.39 is 5.69 Å². The maximum absolute atomic E-state index is 11.2. The van der Waals surface area contributed by atoms with E-state index in [2.05, 4.69) is 25.7 Å². The molecule has 7 nitrogen and oxygen atoms in total. The zero-order chi connectivity index (χ0) is 17.5. The van der Waals surface area contributed by atoms with Gasteiger partial charge < -0.3 is 4.74 Å². The third-order valence-electron chi connectivity index (χ3n) is 3.37. The molecule has 0 bridgehead atoms. The van der Waals surface area contributed by atoms with Crippen molar-refractivity contribution in [3.05, 3.63) is 81.9 Å². The van der Waals surface area contributed by atoms with Gasteiger partial charge in [0.2, 0.25) is 0 Å². The van der Waals surface area contributed by atoms with Gasteiger partial charge in [-0.15, -0.1) is 0 Å². The molecule has 0 aliphatic heterocycles. The van der Waals surface area contributed by atoms with Crippen molar-refractivity contribution in [3.63, 3.8) is 0 Å². The maximum Gasteiger partial charge on any atom is 0.363 e. The third kappa shape index (κ3) is 4.74. The van der Waals surface area contributed by atoms with E-state index >= 15 is 0 Å². The summed E-state index contributed by atoms with van der Waals surface area (Å²) in [6.07, 6.45) is 1.62. The molecule has 3 aromatic rings. The molecule has 0 unspecified atom stereocenters. The van der Waals surface area contributed by atoms with Gasteiger partial charge in [0, 0.05) is 0 Å². The first-order chi connectivity index (χ1) is 12.2. The van der Waals surface area contributed by atoms with Crippen LogP contribution in [0.15, 0.2) is 64.5 Å². The fourth-order valence-corrected chi connectivity index (χ4v) is 2.09. The molecule has 0 aliphatic rings. The molecule has 0 fully saturated rings. The van der Waals surface area contributed by atoms with E-state index in [4.69, 9.17) is 4.74 Å². The molecule has 126 valence electrons. The van der Waals surface area contributed by atoms with Gasteiger partial charge >= 0.3 is 5.69 Å². The van der Waals surface area contributed by atoms with Crippen LogP contribution in [0.4, 0.5) is 5.82 Å². The molecule has 7 heteroatoms. The van der Waals surface area contributed by atoms with Crippen LogP contribution in [-0.2, 0) is 6.61 Å². The molecule has 1 aromatic heterocycles. The normalized spacial score (nSPS) is 10.8. The Balaban J connectivity index is 1.63. The molecule has 25 heavy (non-hydrogen) atoms. The molecule has 0 amide bonds. The summed E-state index contributed by atoms with van der Waals surface area (Å²) in [7, 11) is 0. The van der Waals surface area contributed by atoms with Gasteiger partial charge in [0.15, 0.2) is 5.82 Å². The van der Waals surface area contributed by atoms with E-state index in [0.717, 1.165) is 16.9 Å². The average molecular weight is 335 g/mol. The van der Waals surface area contributed by atoms with E-state index in [9.17, 15) is 4.79 Å². The van der Waals surface area contributed by atoms with Crippen molar-refractivity contribution in [2.45, 2.75) is 13.5 Å². The number of nitrogens with zero attached hydrogens (tertiary/aromatic N) is 3. The molecule has 2 N–H and O–H groups in total. The Kier molecular flexibility index (Phi) is 5.16. The first-order valence-corrected chi connectivity index (χ1v) is 7.70. The van der Waals surface area contributed by atoms with E-state index in [1.807, 2.05) is 54.6 Å². The topological polar surface area (TPSA) is 92.3 Å². The van der Waals surface area contributed by atoms with Gasteiger partial charge in [0.1, 0.15) is 18.1 Å². The third-order valence-corrected chi connectivity index (χ3v) is 3.37. The van der Waals surface area contributed by atoms with Gasteiger partial charge in [-0.05, 0) is 30.2 Å². The van der Waals surface area contributed by atoms with Crippen LogP contribution in [-0.4, -0.2) is 21.4 Å².